The molecule has 2 amide bonds. The Morgan fingerprint density at radius 1 is 1.15 bits per heavy atom. The maximum Gasteiger partial charge on any atom is 0.408 e. The molecule has 1 aromatic rings. The van der Waals surface area contributed by atoms with E-state index in [1.807, 2.05) is 30.3 Å². The van der Waals surface area contributed by atoms with Gasteiger partial charge in [0.1, 0.15) is 12.2 Å². The third-order valence-electron chi connectivity index (χ3n) is 3.14. The maximum absolute atomic E-state index is 11.7. The van der Waals surface area contributed by atoms with Crippen molar-refractivity contribution in [1.82, 2.24) is 16.0 Å². The molecular formula is C18H28BN3O4. The Kier molecular flexibility index (Phi) is 9.58. The van der Waals surface area contributed by atoms with Gasteiger partial charge in [0.05, 0.1) is 14.5 Å². The van der Waals surface area contributed by atoms with Crippen LogP contribution >= 0.6 is 0 Å². The van der Waals surface area contributed by atoms with Gasteiger partial charge in [-0.3, -0.25) is 5.32 Å². The van der Waals surface area contributed by atoms with Gasteiger partial charge in [-0.2, -0.15) is 0 Å². The van der Waals surface area contributed by atoms with Crippen LogP contribution in [0.5, 0.6) is 0 Å². The minimum Gasteiger partial charge on any atom is -0.445 e. The first kappa shape index (κ1) is 21.8. The number of ether oxygens (including phenoxy) is 2. The number of amides is 2. The normalized spacial score (nSPS) is 12.1. The molecule has 0 bridgehead atoms. The topological polar surface area (TPSA) is 88.7 Å². The van der Waals surface area contributed by atoms with E-state index in [0.717, 1.165) is 12.0 Å². The minimum absolute atomic E-state index is 0.206. The minimum atomic E-state index is -0.541. The van der Waals surface area contributed by atoms with E-state index in [0.29, 0.717) is 19.6 Å². The van der Waals surface area contributed by atoms with Crippen LogP contribution in [0.25, 0.3) is 0 Å². The van der Waals surface area contributed by atoms with E-state index < -0.39 is 23.7 Å². The van der Waals surface area contributed by atoms with Gasteiger partial charge in [-0.1, -0.05) is 30.3 Å². The molecular weight excluding hydrogens is 333 g/mol. The van der Waals surface area contributed by atoms with Gasteiger partial charge < -0.3 is 20.1 Å². The Bertz CT molecular complexity index is 549. The lowest BCUT2D eigenvalue weighted by atomic mass is 9.92. The van der Waals surface area contributed by atoms with E-state index in [4.69, 9.17) is 17.3 Å². The Labute approximate surface area is 156 Å². The molecule has 1 atom stereocenters. The van der Waals surface area contributed by atoms with Crippen molar-refractivity contribution in [3.8, 4) is 0 Å². The SMILES string of the molecule is [B]C(CCCNCNC(=O)OC(C)(C)C)NC(=O)OCc1ccccc1. The van der Waals surface area contributed by atoms with E-state index in [1.54, 1.807) is 20.8 Å². The maximum atomic E-state index is 11.7. The summed E-state index contributed by atoms with van der Waals surface area (Å²) in [6.07, 6.45) is 0.307. The highest BCUT2D eigenvalue weighted by Gasteiger charge is 2.15. The van der Waals surface area contributed by atoms with Crippen molar-refractivity contribution >= 4 is 20.0 Å². The zero-order chi connectivity index (χ0) is 19.4. The number of carbonyl (C=O) groups is 2. The lowest BCUT2D eigenvalue weighted by Crippen LogP contribution is -2.39. The van der Waals surface area contributed by atoms with Gasteiger partial charge in [0.2, 0.25) is 0 Å². The first-order chi connectivity index (χ1) is 12.3. The molecule has 0 spiro atoms. The number of hydrogen-bond acceptors (Lipinski definition) is 5. The molecule has 1 rings (SSSR count). The number of nitrogens with one attached hydrogen (secondary N) is 3. The van der Waals surface area contributed by atoms with E-state index in [-0.39, 0.29) is 6.61 Å². The predicted octanol–water partition coefficient (Wildman–Crippen LogP) is 2.26. The van der Waals surface area contributed by atoms with Crippen LogP contribution in [0.4, 0.5) is 9.59 Å². The van der Waals surface area contributed by atoms with Crippen LogP contribution in [-0.2, 0) is 16.1 Å². The fraction of sp³-hybridized carbons (Fsp3) is 0.556. The van der Waals surface area contributed by atoms with Gasteiger partial charge in [0, 0.05) is 0 Å². The molecule has 0 fully saturated rings. The Balaban J connectivity index is 2.03. The second-order valence-corrected chi connectivity index (χ2v) is 6.81. The van der Waals surface area contributed by atoms with Crippen molar-refractivity contribution in [2.45, 2.75) is 51.8 Å². The Hall–Kier alpha value is -2.22. The summed E-state index contributed by atoms with van der Waals surface area (Å²) in [7, 11) is 5.85. The molecule has 0 saturated heterocycles. The third-order valence-corrected chi connectivity index (χ3v) is 3.14. The summed E-state index contributed by atoms with van der Waals surface area (Å²) < 4.78 is 10.2. The lowest BCUT2D eigenvalue weighted by Gasteiger charge is -2.19. The average Bonchev–Trinajstić information content (AvgIpc) is 2.55. The van der Waals surface area contributed by atoms with E-state index in [2.05, 4.69) is 16.0 Å². The Morgan fingerprint density at radius 3 is 2.50 bits per heavy atom. The molecule has 0 heterocycles. The molecule has 8 heteroatoms. The summed E-state index contributed by atoms with van der Waals surface area (Å²) in [5.41, 5.74) is 0.399. The fourth-order valence-electron chi connectivity index (χ4n) is 1.97. The van der Waals surface area contributed by atoms with Crippen molar-refractivity contribution in [1.29, 1.82) is 0 Å². The van der Waals surface area contributed by atoms with Gasteiger partial charge >= 0.3 is 12.2 Å². The summed E-state index contributed by atoms with van der Waals surface area (Å²) in [4.78, 5) is 23.1. The molecule has 0 aromatic heterocycles. The average molecular weight is 361 g/mol. The molecule has 142 valence electrons. The lowest BCUT2D eigenvalue weighted by molar-refractivity contribution is 0.0523. The largest absolute Gasteiger partial charge is 0.445 e. The molecule has 26 heavy (non-hydrogen) atoms. The smallest absolute Gasteiger partial charge is 0.408 e. The zero-order valence-corrected chi connectivity index (χ0v) is 15.7. The molecule has 0 saturated carbocycles. The third kappa shape index (κ3) is 11.4. The molecule has 0 aliphatic rings. The number of carbonyl (C=O) groups excluding carboxylic acids is 2. The second kappa shape index (κ2) is 11.4. The summed E-state index contributed by atoms with van der Waals surface area (Å²) in [6.45, 7) is 6.57. The van der Waals surface area contributed by atoms with Gasteiger partial charge in [-0.25, -0.2) is 9.59 Å². The molecule has 1 aromatic carbocycles. The van der Waals surface area contributed by atoms with Crippen molar-refractivity contribution in [2.24, 2.45) is 0 Å². The quantitative estimate of drug-likeness (QED) is 0.357. The van der Waals surface area contributed by atoms with Crippen molar-refractivity contribution in [3.63, 3.8) is 0 Å². The van der Waals surface area contributed by atoms with E-state index in [1.165, 1.54) is 0 Å². The molecule has 0 aliphatic carbocycles. The van der Waals surface area contributed by atoms with Gasteiger partial charge in [0.25, 0.3) is 0 Å². The summed E-state index contributed by atoms with van der Waals surface area (Å²) >= 11 is 0. The molecule has 2 radical (unpaired) electrons. The number of alkyl carbamates (subject to hydrolysis) is 2. The van der Waals surface area contributed by atoms with Crippen LogP contribution in [-0.4, -0.2) is 44.8 Å². The van der Waals surface area contributed by atoms with Crippen LogP contribution in [0.1, 0.15) is 39.2 Å². The van der Waals surface area contributed by atoms with Crippen LogP contribution in [0.2, 0.25) is 0 Å². The fourth-order valence-corrected chi connectivity index (χ4v) is 1.97. The predicted molar refractivity (Wildman–Crippen MR) is 101 cm³/mol. The van der Waals surface area contributed by atoms with Crippen molar-refractivity contribution in [3.05, 3.63) is 35.9 Å². The molecule has 1 unspecified atom stereocenters. The number of hydrogen-bond donors (Lipinski definition) is 3. The second-order valence-electron chi connectivity index (χ2n) is 6.81. The van der Waals surface area contributed by atoms with Crippen molar-refractivity contribution in [2.75, 3.05) is 13.2 Å². The van der Waals surface area contributed by atoms with Crippen LogP contribution in [0, 0.1) is 0 Å². The zero-order valence-electron chi connectivity index (χ0n) is 15.7. The van der Waals surface area contributed by atoms with Crippen LogP contribution in [0.3, 0.4) is 0 Å². The van der Waals surface area contributed by atoms with E-state index in [9.17, 15) is 9.59 Å². The van der Waals surface area contributed by atoms with Crippen LogP contribution in [0.15, 0.2) is 30.3 Å². The standard InChI is InChI=1S/C18H28BN3O4/c1-18(2,3)26-16(23)21-13-20-11-7-10-15(19)22-17(24)25-12-14-8-5-4-6-9-14/h4-6,8-9,15,20H,7,10-13H2,1-3H3,(H,21,23)(H,22,24). The highest BCUT2D eigenvalue weighted by atomic mass is 16.6. The summed E-state index contributed by atoms with van der Waals surface area (Å²) in [5, 5.41) is 8.23. The van der Waals surface area contributed by atoms with Crippen LogP contribution < -0.4 is 16.0 Å². The number of rotatable bonds is 9. The highest BCUT2D eigenvalue weighted by Crippen LogP contribution is 2.06. The van der Waals surface area contributed by atoms with Crippen molar-refractivity contribution < 1.29 is 19.1 Å². The number of benzene rings is 1. The Morgan fingerprint density at radius 2 is 1.85 bits per heavy atom. The highest BCUT2D eigenvalue weighted by molar-refractivity contribution is 6.12. The monoisotopic (exact) mass is 361 g/mol. The molecule has 3 N–H and O–H groups in total. The summed E-state index contributed by atoms with van der Waals surface area (Å²) in [5.74, 6) is -0.487. The molecule has 0 aliphatic heterocycles. The van der Waals surface area contributed by atoms with Gasteiger partial charge in [0.15, 0.2) is 0 Å². The van der Waals surface area contributed by atoms with E-state index >= 15 is 0 Å². The van der Waals surface area contributed by atoms with Gasteiger partial charge in [-0.05, 0) is 51.7 Å². The molecule has 7 nitrogen and oxygen atoms in total. The first-order valence-corrected chi connectivity index (χ1v) is 8.66. The van der Waals surface area contributed by atoms with Gasteiger partial charge in [-0.15, -0.1) is 0 Å². The summed E-state index contributed by atoms with van der Waals surface area (Å²) in [6, 6.07) is 9.42. The first-order valence-electron chi connectivity index (χ1n) is 8.66.